The zero-order chi connectivity index (χ0) is 15.8. The van der Waals surface area contributed by atoms with E-state index in [1.165, 1.54) is 36.9 Å². The van der Waals surface area contributed by atoms with Gasteiger partial charge in [0.25, 0.3) is 0 Å². The van der Waals surface area contributed by atoms with E-state index >= 15 is 0 Å². The molecule has 1 aliphatic rings. The first-order valence-electron chi connectivity index (χ1n) is 8.85. The van der Waals surface area contributed by atoms with Crippen molar-refractivity contribution >= 4 is 12.0 Å². The van der Waals surface area contributed by atoms with E-state index < -0.39 is 0 Å². The summed E-state index contributed by atoms with van der Waals surface area (Å²) in [6.07, 6.45) is 11.0. The van der Waals surface area contributed by atoms with E-state index in [0.717, 1.165) is 31.4 Å². The maximum Gasteiger partial charge on any atom is 0.231 e. The Morgan fingerprint density at radius 1 is 1.00 bits per heavy atom. The van der Waals surface area contributed by atoms with Gasteiger partial charge in [-0.2, -0.15) is 0 Å². The van der Waals surface area contributed by atoms with Crippen LogP contribution in [-0.2, 0) is 11.2 Å². The highest BCUT2D eigenvalue weighted by Gasteiger charge is 2.22. The summed E-state index contributed by atoms with van der Waals surface area (Å²) in [6.45, 7) is 5.28. The third-order valence-electron chi connectivity index (χ3n) is 4.39. The molecule has 0 bridgehead atoms. The van der Waals surface area contributed by atoms with Crippen molar-refractivity contribution in [2.24, 2.45) is 0 Å². The largest absolute Gasteiger partial charge is 0.316 e. The molecule has 0 saturated heterocycles. The summed E-state index contributed by atoms with van der Waals surface area (Å²) in [6, 6.07) is 8.32. The van der Waals surface area contributed by atoms with E-state index in [-0.39, 0.29) is 5.91 Å². The fourth-order valence-corrected chi connectivity index (χ4v) is 3.04. The van der Waals surface area contributed by atoms with E-state index in [2.05, 4.69) is 43.0 Å². The molecule has 0 radical (unpaired) electrons. The third kappa shape index (κ3) is 4.46. The summed E-state index contributed by atoms with van der Waals surface area (Å²) in [7, 11) is 0. The van der Waals surface area contributed by atoms with Crippen molar-refractivity contribution in [1.29, 1.82) is 0 Å². The second-order valence-electron chi connectivity index (χ2n) is 6.22. The summed E-state index contributed by atoms with van der Waals surface area (Å²) in [4.78, 5) is 14.7. The number of amides is 1. The number of benzene rings is 1. The molecular formula is C20H29NO. The second kappa shape index (κ2) is 8.77. The molecule has 1 aliphatic heterocycles. The van der Waals surface area contributed by atoms with Crippen molar-refractivity contribution in [3.8, 4) is 0 Å². The van der Waals surface area contributed by atoms with Gasteiger partial charge < -0.3 is 4.90 Å². The molecule has 0 aromatic heterocycles. The molecule has 2 rings (SSSR count). The van der Waals surface area contributed by atoms with Crippen molar-refractivity contribution in [3.63, 3.8) is 0 Å². The topological polar surface area (TPSA) is 20.3 Å². The minimum atomic E-state index is 0.264. The highest BCUT2D eigenvalue weighted by Crippen LogP contribution is 2.25. The third-order valence-corrected chi connectivity index (χ3v) is 4.39. The van der Waals surface area contributed by atoms with Gasteiger partial charge in [0.2, 0.25) is 5.91 Å². The average Bonchev–Trinajstić information content (AvgIpc) is 2.65. The van der Waals surface area contributed by atoms with Crippen LogP contribution in [0.5, 0.6) is 0 Å². The van der Waals surface area contributed by atoms with Gasteiger partial charge in [-0.3, -0.25) is 4.79 Å². The van der Waals surface area contributed by atoms with E-state index in [4.69, 9.17) is 0 Å². The van der Waals surface area contributed by atoms with Gasteiger partial charge in [0, 0.05) is 12.2 Å². The Bertz CT molecular complexity index is 518. The molecule has 0 aliphatic carbocycles. The quantitative estimate of drug-likeness (QED) is 0.605. The molecule has 0 spiro atoms. The van der Waals surface area contributed by atoms with Gasteiger partial charge in [-0.1, -0.05) is 63.8 Å². The molecule has 1 heterocycles. The molecular weight excluding hydrogens is 270 g/mol. The van der Waals surface area contributed by atoms with Crippen LogP contribution < -0.4 is 0 Å². The number of fused-ring (bicyclic) bond motifs is 1. The SMILES string of the molecule is CCCCCCC1=Cc2ccccc2CC(=O)N1CCCC. The van der Waals surface area contributed by atoms with Gasteiger partial charge in [0.15, 0.2) is 0 Å². The Hall–Kier alpha value is -1.57. The number of hydrogen-bond acceptors (Lipinski definition) is 1. The van der Waals surface area contributed by atoms with Crippen molar-refractivity contribution in [2.45, 2.75) is 65.2 Å². The molecule has 1 aromatic carbocycles. The van der Waals surface area contributed by atoms with Crippen LogP contribution in [-0.4, -0.2) is 17.4 Å². The molecule has 2 nitrogen and oxygen atoms in total. The molecule has 1 aromatic rings. The molecule has 0 N–H and O–H groups in total. The molecule has 2 heteroatoms. The van der Waals surface area contributed by atoms with Gasteiger partial charge in [0.1, 0.15) is 0 Å². The minimum absolute atomic E-state index is 0.264. The minimum Gasteiger partial charge on any atom is -0.316 e. The zero-order valence-electron chi connectivity index (χ0n) is 14.1. The molecule has 1 amide bonds. The number of carbonyl (C=O) groups is 1. The van der Waals surface area contributed by atoms with E-state index in [1.54, 1.807) is 0 Å². The molecule has 22 heavy (non-hydrogen) atoms. The lowest BCUT2D eigenvalue weighted by Crippen LogP contribution is -2.31. The van der Waals surface area contributed by atoms with Crippen molar-refractivity contribution in [3.05, 3.63) is 41.1 Å². The van der Waals surface area contributed by atoms with E-state index in [0.29, 0.717) is 6.42 Å². The predicted molar refractivity (Wildman–Crippen MR) is 93.5 cm³/mol. The maximum absolute atomic E-state index is 12.7. The van der Waals surface area contributed by atoms with Crippen molar-refractivity contribution in [1.82, 2.24) is 4.90 Å². The van der Waals surface area contributed by atoms with Crippen LogP contribution >= 0.6 is 0 Å². The van der Waals surface area contributed by atoms with Crippen LogP contribution in [0.25, 0.3) is 6.08 Å². The Morgan fingerprint density at radius 2 is 1.77 bits per heavy atom. The molecule has 0 saturated carbocycles. The highest BCUT2D eigenvalue weighted by molar-refractivity contribution is 5.84. The van der Waals surface area contributed by atoms with E-state index in [1.807, 2.05) is 6.07 Å². The monoisotopic (exact) mass is 299 g/mol. The van der Waals surface area contributed by atoms with Crippen LogP contribution in [0.3, 0.4) is 0 Å². The summed E-state index contributed by atoms with van der Waals surface area (Å²) in [5.41, 5.74) is 3.61. The Labute approximate surface area is 135 Å². The molecule has 120 valence electrons. The Morgan fingerprint density at radius 3 is 2.55 bits per heavy atom. The van der Waals surface area contributed by atoms with Gasteiger partial charge in [-0.05, 0) is 36.5 Å². The van der Waals surface area contributed by atoms with Gasteiger partial charge in [0.05, 0.1) is 6.42 Å². The summed E-state index contributed by atoms with van der Waals surface area (Å²) in [5.74, 6) is 0.264. The normalized spacial score (nSPS) is 14.5. The standard InChI is InChI=1S/C20H29NO/c1-3-5-7-8-13-19-15-17-11-9-10-12-18(17)16-20(22)21(19)14-6-4-2/h9-12,15H,3-8,13-14,16H2,1-2H3. The van der Waals surface area contributed by atoms with Crippen LogP contribution in [0.15, 0.2) is 30.0 Å². The van der Waals surface area contributed by atoms with Gasteiger partial charge in [-0.25, -0.2) is 0 Å². The summed E-state index contributed by atoms with van der Waals surface area (Å²) in [5, 5.41) is 0. The number of unbranched alkanes of at least 4 members (excludes halogenated alkanes) is 4. The van der Waals surface area contributed by atoms with Crippen molar-refractivity contribution < 1.29 is 4.79 Å². The summed E-state index contributed by atoms with van der Waals surface area (Å²) < 4.78 is 0. The molecule has 0 atom stereocenters. The maximum atomic E-state index is 12.7. The van der Waals surface area contributed by atoms with Crippen LogP contribution in [0.4, 0.5) is 0 Å². The zero-order valence-corrected chi connectivity index (χ0v) is 14.1. The fourth-order valence-electron chi connectivity index (χ4n) is 3.04. The van der Waals surface area contributed by atoms with Gasteiger partial charge in [-0.15, -0.1) is 0 Å². The van der Waals surface area contributed by atoms with Gasteiger partial charge >= 0.3 is 0 Å². The van der Waals surface area contributed by atoms with Crippen LogP contribution in [0.1, 0.15) is 69.9 Å². The van der Waals surface area contributed by atoms with Crippen LogP contribution in [0.2, 0.25) is 0 Å². The van der Waals surface area contributed by atoms with Crippen LogP contribution in [0, 0.1) is 0 Å². The number of carbonyl (C=O) groups excluding carboxylic acids is 1. The smallest absolute Gasteiger partial charge is 0.231 e. The molecule has 0 fully saturated rings. The first-order valence-corrected chi connectivity index (χ1v) is 8.85. The fraction of sp³-hybridized carbons (Fsp3) is 0.550. The summed E-state index contributed by atoms with van der Waals surface area (Å²) >= 11 is 0. The second-order valence-corrected chi connectivity index (χ2v) is 6.22. The number of hydrogen-bond donors (Lipinski definition) is 0. The predicted octanol–water partition coefficient (Wildman–Crippen LogP) is 5.18. The first-order chi connectivity index (χ1) is 10.8. The lowest BCUT2D eigenvalue weighted by atomic mass is 10.0. The average molecular weight is 299 g/mol. The lowest BCUT2D eigenvalue weighted by molar-refractivity contribution is -0.128. The van der Waals surface area contributed by atoms with Crippen molar-refractivity contribution in [2.75, 3.05) is 6.54 Å². The lowest BCUT2D eigenvalue weighted by Gasteiger charge is -2.24. The number of allylic oxidation sites excluding steroid dienone is 1. The number of nitrogens with zero attached hydrogens (tertiary/aromatic N) is 1. The Kier molecular flexibility index (Phi) is 6.70. The number of rotatable bonds is 8. The van der Waals surface area contributed by atoms with E-state index in [9.17, 15) is 4.79 Å². The molecule has 0 unspecified atom stereocenters. The highest BCUT2D eigenvalue weighted by atomic mass is 16.2. The first kappa shape index (κ1) is 16.8. The Balaban J connectivity index is 2.19.